The van der Waals surface area contributed by atoms with Gasteiger partial charge in [-0.3, -0.25) is 9.48 Å². The molecule has 1 amide bonds. The zero-order valence-electron chi connectivity index (χ0n) is 8.81. The standard InChI is InChI=1S/C10H16N4O/c1-14-8(4-6-13-14)9-7(10(11)15)3-2-5-12-9/h4,6-7,9,12H,2-3,5H2,1H3,(H2,11,15). The number of amides is 1. The number of nitrogens with two attached hydrogens (primary N) is 1. The van der Waals surface area contributed by atoms with E-state index in [2.05, 4.69) is 10.4 Å². The Bertz CT molecular complexity index is 360. The molecule has 0 aliphatic carbocycles. The summed E-state index contributed by atoms with van der Waals surface area (Å²) in [6, 6.07) is 1.95. The minimum Gasteiger partial charge on any atom is -0.369 e. The van der Waals surface area contributed by atoms with Crippen molar-refractivity contribution in [2.24, 2.45) is 18.7 Å². The number of hydrogen-bond donors (Lipinski definition) is 2. The van der Waals surface area contributed by atoms with Gasteiger partial charge in [0.25, 0.3) is 0 Å². The fourth-order valence-corrected chi connectivity index (χ4v) is 2.19. The van der Waals surface area contributed by atoms with Crippen molar-refractivity contribution in [3.63, 3.8) is 0 Å². The lowest BCUT2D eigenvalue weighted by molar-refractivity contribution is -0.123. The molecule has 5 heteroatoms. The number of carbonyl (C=O) groups excluding carboxylic acids is 1. The number of nitrogens with one attached hydrogen (secondary N) is 1. The van der Waals surface area contributed by atoms with Gasteiger partial charge in [0.1, 0.15) is 0 Å². The van der Waals surface area contributed by atoms with E-state index in [0.717, 1.165) is 25.1 Å². The zero-order valence-corrected chi connectivity index (χ0v) is 8.81. The van der Waals surface area contributed by atoms with Crippen LogP contribution >= 0.6 is 0 Å². The first-order valence-electron chi connectivity index (χ1n) is 5.20. The molecule has 2 heterocycles. The Balaban J connectivity index is 2.25. The van der Waals surface area contributed by atoms with E-state index in [0.29, 0.717) is 0 Å². The molecule has 0 saturated carbocycles. The van der Waals surface area contributed by atoms with Gasteiger partial charge in [-0.2, -0.15) is 5.10 Å². The van der Waals surface area contributed by atoms with Crippen LogP contribution in [0.2, 0.25) is 0 Å². The molecule has 3 N–H and O–H groups in total. The van der Waals surface area contributed by atoms with Crippen LogP contribution in [0.5, 0.6) is 0 Å². The van der Waals surface area contributed by atoms with Gasteiger partial charge in [-0.25, -0.2) is 0 Å². The number of aryl methyl sites for hydroxylation is 1. The molecule has 2 unspecified atom stereocenters. The fraction of sp³-hybridized carbons (Fsp3) is 0.600. The van der Waals surface area contributed by atoms with E-state index in [1.807, 2.05) is 13.1 Å². The normalized spacial score (nSPS) is 26.5. The van der Waals surface area contributed by atoms with Crippen LogP contribution in [-0.4, -0.2) is 22.2 Å². The number of nitrogens with zero attached hydrogens (tertiary/aromatic N) is 2. The summed E-state index contributed by atoms with van der Waals surface area (Å²) in [6.07, 6.45) is 3.60. The Kier molecular flexibility index (Phi) is 2.73. The maximum absolute atomic E-state index is 11.3. The van der Waals surface area contributed by atoms with Gasteiger partial charge in [-0.1, -0.05) is 0 Å². The third-order valence-corrected chi connectivity index (χ3v) is 3.00. The molecule has 0 radical (unpaired) electrons. The van der Waals surface area contributed by atoms with Crippen molar-refractivity contribution in [2.75, 3.05) is 6.54 Å². The summed E-state index contributed by atoms with van der Waals surface area (Å²) in [5.74, 6) is -0.345. The quantitative estimate of drug-likeness (QED) is 0.715. The molecule has 1 aliphatic heterocycles. The first-order valence-corrected chi connectivity index (χ1v) is 5.20. The molecule has 82 valence electrons. The SMILES string of the molecule is Cn1nccc1C1NCCCC1C(N)=O. The summed E-state index contributed by atoms with van der Waals surface area (Å²) >= 11 is 0. The van der Waals surface area contributed by atoms with Gasteiger partial charge in [-0.15, -0.1) is 0 Å². The Morgan fingerprint density at radius 2 is 2.53 bits per heavy atom. The van der Waals surface area contributed by atoms with Crippen LogP contribution in [0.25, 0.3) is 0 Å². The number of carbonyl (C=O) groups is 1. The van der Waals surface area contributed by atoms with Gasteiger partial charge in [0.05, 0.1) is 17.7 Å². The van der Waals surface area contributed by atoms with E-state index in [9.17, 15) is 4.79 Å². The second kappa shape index (κ2) is 4.02. The van der Waals surface area contributed by atoms with Crippen molar-refractivity contribution in [2.45, 2.75) is 18.9 Å². The summed E-state index contributed by atoms with van der Waals surface area (Å²) in [4.78, 5) is 11.3. The van der Waals surface area contributed by atoms with E-state index in [1.54, 1.807) is 10.9 Å². The zero-order chi connectivity index (χ0) is 10.8. The average Bonchev–Trinajstić information content (AvgIpc) is 2.64. The van der Waals surface area contributed by atoms with Crippen LogP contribution in [-0.2, 0) is 11.8 Å². The summed E-state index contributed by atoms with van der Waals surface area (Å²) in [5.41, 5.74) is 6.43. The van der Waals surface area contributed by atoms with Gasteiger partial charge < -0.3 is 11.1 Å². The molecule has 1 aromatic heterocycles. The maximum atomic E-state index is 11.3. The molecular formula is C10H16N4O. The third-order valence-electron chi connectivity index (χ3n) is 3.00. The van der Waals surface area contributed by atoms with Gasteiger partial charge in [-0.05, 0) is 25.5 Å². The number of hydrogen-bond acceptors (Lipinski definition) is 3. The molecule has 1 saturated heterocycles. The Morgan fingerprint density at radius 3 is 3.13 bits per heavy atom. The number of rotatable bonds is 2. The molecule has 5 nitrogen and oxygen atoms in total. The number of piperidine rings is 1. The first-order chi connectivity index (χ1) is 7.20. The topological polar surface area (TPSA) is 72.9 Å². The van der Waals surface area contributed by atoms with Crippen molar-refractivity contribution < 1.29 is 4.79 Å². The van der Waals surface area contributed by atoms with E-state index in [1.165, 1.54) is 0 Å². The minimum absolute atomic E-state index is 0.0174. The predicted octanol–water partition coefficient (Wildman–Crippen LogP) is -0.0539. The van der Waals surface area contributed by atoms with Crippen LogP contribution < -0.4 is 11.1 Å². The van der Waals surface area contributed by atoms with Crippen molar-refractivity contribution in [3.05, 3.63) is 18.0 Å². The second-order valence-corrected chi connectivity index (χ2v) is 3.96. The third kappa shape index (κ3) is 1.87. The molecular weight excluding hydrogens is 192 g/mol. The monoisotopic (exact) mass is 208 g/mol. The fourth-order valence-electron chi connectivity index (χ4n) is 2.19. The number of primary amides is 1. The highest BCUT2D eigenvalue weighted by atomic mass is 16.1. The lowest BCUT2D eigenvalue weighted by atomic mass is 9.88. The van der Waals surface area contributed by atoms with Gasteiger partial charge in [0.2, 0.25) is 5.91 Å². The summed E-state index contributed by atoms with van der Waals surface area (Å²) in [5, 5.41) is 7.44. The Hall–Kier alpha value is -1.36. The second-order valence-electron chi connectivity index (χ2n) is 3.96. The molecule has 0 bridgehead atoms. The van der Waals surface area contributed by atoms with E-state index in [4.69, 9.17) is 5.73 Å². The highest BCUT2D eigenvalue weighted by Gasteiger charge is 2.31. The average molecular weight is 208 g/mol. The summed E-state index contributed by atoms with van der Waals surface area (Å²) in [6.45, 7) is 0.930. The lowest BCUT2D eigenvalue weighted by Gasteiger charge is -2.30. The molecule has 15 heavy (non-hydrogen) atoms. The smallest absolute Gasteiger partial charge is 0.222 e. The molecule has 1 fully saturated rings. The first kappa shape index (κ1) is 10.2. The predicted molar refractivity (Wildman–Crippen MR) is 55.9 cm³/mol. The van der Waals surface area contributed by atoms with Crippen LogP contribution in [0.15, 0.2) is 12.3 Å². The van der Waals surface area contributed by atoms with Crippen molar-refractivity contribution in [1.29, 1.82) is 0 Å². The van der Waals surface area contributed by atoms with Crippen molar-refractivity contribution in [1.82, 2.24) is 15.1 Å². The molecule has 1 aliphatic rings. The van der Waals surface area contributed by atoms with Crippen molar-refractivity contribution >= 4 is 5.91 Å². The highest BCUT2D eigenvalue weighted by Crippen LogP contribution is 2.28. The molecule has 0 spiro atoms. The largest absolute Gasteiger partial charge is 0.369 e. The van der Waals surface area contributed by atoms with E-state index >= 15 is 0 Å². The molecule has 0 aromatic carbocycles. The summed E-state index contributed by atoms with van der Waals surface area (Å²) in [7, 11) is 1.88. The lowest BCUT2D eigenvalue weighted by Crippen LogP contribution is -2.41. The number of aromatic nitrogens is 2. The summed E-state index contributed by atoms with van der Waals surface area (Å²) < 4.78 is 1.79. The molecule has 1 aromatic rings. The van der Waals surface area contributed by atoms with Gasteiger partial charge >= 0.3 is 0 Å². The van der Waals surface area contributed by atoms with Crippen LogP contribution in [0.1, 0.15) is 24.6 Å². The highest BCUT2D eigenvalue weighted by molar-refractivity contribution is 5.77. The Morgan fingerprint density at radius 1 is 1.73 bits per heavy atom. The van der Waals surface area contributed by atoms with Crippen LogP contribution in [0.3, 0.4) is 0 Å². The van der Waals surface area contributed by atoms with Crippen LogP contribution in [0.4, 0.5) is 0 Å². The van der Waals surface area contributed by atoms with Gasteiger partial charge in [0.15, 0.2) is 0 Å². The Labute approximate surface area is 88.6 Å². The molecule has 2 rings (SSSR count). The van der Waals surface area contributed by atoms with Crippen LogP contribution in [0, 0.1) is 5.92 Å². The minimum atomic E-state index is -0.228. The van der Waals surface area contributed by atoms with E-state index in [-0.39, 0.29) is 17.9 Å². The maximum Gasteiger partial charge on any atom is 0.222 e. The van der Waals surface area contributed by atoms with Gasteiger partial charge in [0, 0.05) is 13.2 Å². The van der Waals surface area contributed by atoms with E-state index < -0.39 is 0 Å². The van der Waals surface area contributed by atoms with Crippen molar-refractivity contribution in [3.8, 4) is 0 Å². The molecule has 2 atom stereocenters.